The molecule has 0 amide bonds. The second-order valence-corrected chi connectivity index (χ2v) is 5.48. The molecule has 3 nitrogen and oxygen atoms in total. The predicted molar refractivity (Wildman–Crippen MR) is 43.7 cm³/mol. The standard InChI is InChI=1S/C5H11NO2S2/c1-10(7,8)6-2-4-9-5-3-6/h2-5H2,1H3. The number of thioether (sulfide) groups is 1. The lowest BCUT2D eigenvalue weighted by Crippen LogP contribution is -2.36. The van der Waals surface area contributed by atoms with Crippen molar-refractivity contribution < 1.29 is 8.42 Å². The van der Waals surface area contributed by atoms with Crippen molar-refractivity contribution in [1.82, 2.24) is 4.31 Å². The van der Waals surface area contributed by atoms with E-state index in [1.807, 2.05) is 11.8 Å². The molecule has 1 saturated heterocycles. The molecule has 1 aliphatic heterocycles. The van der Waals surface area contributed by atoms with Crippen LogP contribution in [0.5, 0.6) is 0 Å². The molecule has 1 aliphatic rings. The Labute approximate surface area is 65.8 Å². The third-order valence-corrected chi connectivity index (χ3v) is 3.68. The summed E-state index contributed by atoms with van der Waals surface area (Å²) in [5.74, 6) is 1.88. The summed E-state index contributed by atoms with van der Waals surface area (Å²) in [7, 11) is -2.91. The number of rotatable bonds is 1. The average Bonchev–Trinajstić information content (AvgIpc) is 1.88. The van der Waals surface area contributed by atoms with E-state index < -0.39 is 10.0 Å². The summed E-state index contributed by atoms with van der Waals surface area (Å²) in [6.45, 7) is 1.37. The van der Waals surface area contributed by atoms with Crippen LogP contribution in [0.2, 0.25) is 0 Å². The van der Waals surface area contributed by atoms with Crippen LogP contribution in [0.25, 0.3) is 0 Å². The highest BCUT2D eigenvalue weighted by atomic mass is 32.2. The molecular formula is C5H11NO2S2. The van der Waals surface area contributed by atoms with Gasteiger partial charge in [0.25, 0.3) is 0 Å². The second kappa shape index (κ2) is 3.11. The van der Waals surface area contributed by atoms with E-state index in [-0.39, 0.29) is 0 Å². The van der Waals surface area contributed by atoms with E-state index >= 15 is 0 Å². The van der Waals surface area contributed by atoms with Gasteiger partial charge in [-0.3, -0.25) is 0 Å². The minimum Gasteiger partial charge on any atom is -0.213 e. The normalized spacial score (nSPS) is 22.9. The highest BCUT2D eigenvalue weighted by Gasteiger charge is 2.18. The monoisotopic (exact) mass is 181 g/mol. The summed E-state index contributed by atoms with van der Waals surface area (Å²) in [6.07, 6.45) is 1.27. The van der Waals surface area contributed by atoms with Gasteiger partial charge in [0.1, 0.15) is 0 Å². The zero-order valence-electron chi connectivity index (χ0n) is 5.91. The predicted octanol–water partition coefficient (Wildman–Crippen LogP) is -0.00520. The molecule has 0 saturated carbocycles. The topological polar surface area (TPSA) is 37.4 Å². The van der Waals surface area contributed by atoms with E-state index in [2.05, 4.69) is 0 Å². The van der Waals surface area contributed by atoms with Gasteiger partial charge in [0.2, 0.25) is 10.0 Å². The molecule has 0 atom stereocenters. The van der Waals surface area contributed by atoms with Crippen molar-refractivity contribution in [1.29, 1.82) is 0 Å². The van der Waals surface area contributed by atoms with Crippen molar-refractivity contribution in [2.45, 2.75) is 0 Å². The fraction of sp³-hybridized carbons (Fsp3) is 1.00. The van der Waals surface area contributed by atoms with E-state index in [0.29, 0.717) is 13.1 Å². The molecule has 1 heterocycles. The molecule has 0 N–H and O–H groups in total. The van der Waals surface area contributed by atoms with Gasteiger partial charge in [-0.25, -0.2) is 12.7 Å². The van der Waals surface area contributed by atoms with Crippen LogP contribution < -0.4 is 0 Å². The van der Waals surface area contributed by atoms with Gasteiger partial charge in [0.05, 0.1) is 6.26 Å². The average molecular weight is 181 g/mol. The molecule has 60 valence electrons. The molecule has 0 radical (unpaired) electrons. The summed E-state index contributed by atoms with van der Waals surface area (Å²) >= 11 is 1.81. The molecule has 5 heteroatoms. The van der Waals surface area contributed by atoms with Gasteiger partial charge < -0.3 is 0 Å². The molecule has 1 fully saturated rings. The molecular weight excluding hydrogens is 170 g/mol. The summed E-state index contributed by atoms with van der Waals surface area (Å²) in [4.78, 5) is 0. The van der Waals surface area contributed by atoms with Crippen LogP contribution in [0, 0.1) is 0 Å². The molecule has 0 unspecified atom stereocenters. The Morgan fingerprint density at radius 1 is 1.30 bits per heavy atom. The third-order valence-electron chi connectivity index (χ3n) is 1.44. The van der Waals surface area contributed by atoms with Crippen molar-refractivity contribution in [3.05, 3.63) is 0 Å². The largest absolute Gasteiger partial charge is 0.213 e. The van der Waals surface area contributed by atoms with Gasteiger partial charge in [-0.15, -0.1) is 0 Å². The van der Waals surface area contributed by atoms with Crippen LogP contribution in [0.3, 0.4) is 0 Å². The van der Waals surface area contributed by atoms with Gasteiger partial charge >= 0.3 is 0 Å². The number of hydrogen-bond acceptors (Lipinski definition) is 3. The Balaban J connectivity index is 2.56. The first-order chi connectivity index (χ1) is 4.61. The smallest absolute Gasteiger partial charge is 0.211 e. The number of hydrogen-bond donors (Lipinski definition) is 0. The van der Waals surface area contributed by atoms with Crippen molar-refractivity contribution in [3.8, 4) is 0 Å². The van der Waals surface area contributed by atoms with E-state index in [0.717, 1.165) is 11.5 Å². The molecule has 0 aromatic rings. The molecule has 0 aliphatic carbocycles. The lowest BCUT2D eigenvalue weighted by atomic mass is 10.6. The lowest BCUT2D eigenvalue weighted by molar-refractivity contribution is 0.448. The van der Waals surface area contributed by atoms with E-state index in [4.69, 9.17) is 0 Å². The van der Waals surface area contributed by atoms with Gasteiger partial charge in [0, 0.05) is 24.6 Å². The lowest BCUT2D eigenvalue weighted by Gasteiger charge is -2.23. The van der Waals surface area contributed by atoms with Crippen LogP contribution in [0.1, 0.15) is 0 Å². The Morgan fingerprint density at radius 3 is 2.10 bits per heavy atom. The number of sulfonamides is 1. The SMILES string of the molecule is CS(=O)(=O)N1CCSCC1. The highest BCUT2D eigenvalue weighted by Crippen LogP contribution is 2.11. The molecule has 0 aromatic heterocycles. The van der Waals surface area contributed by atoms with E-state index in [1.54, 1.807) is 0 Å². The number of nitrogens with zero attached hydrogens (tertiary/aromatic N) is 1. The Hall–Kier alpha value is 0.260. The third kappa shape index (κ3) is 2.14. The van der Waals surface area contributed by atoms with Crippen LogP contribution in [-0.2, 0) is 10.0 Å². The van der Waals surface area contributed by atoms with E-state index in [9.17, 15) is 8.42 Å². The maximum atomic E-state index is 10.9. The maximum Gasteiger partial charge on any atom is 0.211 e. The molecule has 1 rings (SSSR count). The quantitative estimate of drug-likeness (QED) is 0.571. The summed E-state index contributed by atoms with van der Waals surface area (Å²) < 4.78 is 23.3. The minimum absolute atomic E-state index is 0.684. The first kappa shape index (κ1) is 8.36. The maximum absolute atomic E-state index is 10.9. The first-order valence-corrected chi connectivity index (χ1v) is 6.14. The zero-order valence-corrected chi connectivity index (χ0v) is 7.54. The first-order valence-electron chi connectivity index (χ1n) is 3.13. The summed E-state index contributed by atoms with van der Waals surface area (Å²) in [5.41, 5.74) is 0. The van der Waals surface area contributed by atoms with Crippen LogP contribution in [0.15, 0.2) is 0 Å². The molecule has 0 spiro atoms. The zero-order chi connectivity index (χ0) is 7.61. The van der Waals surface area contributed by atoms with Crippen LogP contribution >= 0.6 is 11.8 Å². The highest BCUT2D eigenvalue weighted by molar-refractivity contribution is 7.99. The van der Waals surface area contributed by atoms with Gasteiger partial charge in [-0.2, -0.15) is 11.8 Å². The Morgan fingerprint density at radius 2 is 1.80 bits per heavy atom. The van der Waals surface area contributed by atoms with Crippen molar-refractivity contribution in [2.24, 2.45) is 0 Å². The van der Waals surface area contributed by atoms with Gasteiger partial charge in [0.15, 0.2) is 0 Å². The van der Waals surface area contributed by atoms with Gasteiger partial charge in [-0.05, 0) is 0 Å². The summed E-state index contributed by atoms with van der Waals surface area (Å²) in [6, 6.07) is 0. The van der Waals surface area contributed by atoms with E-state index in [1.165, 1.54) is 10.6 Å². The molecule has 0 bridgehead atoms. The van der Waals surface area contributed by atoms with Gasteiger partial charge in [-0.1, -0.05) is 0 Å². The minimum atomic E-state index is -2.91. The van der Waals surface area contributed by atoms with Crippen molar-refractivity contribution in [3.63, 3.8) is 0 Å². The summed E-state index contributed by atoms with van der Waals surface area (Å²) in [5, 5.41) is 0. The fourth-order valence-electron chi connectivity index (χ4n) is 0.878. The Bertz CT molecular complexity index is 194. The molecule has 10 heavy (non-hydrogen) atoms. The molecule has 0 aromatic carbocycles. The van der Waals surface area contributed by atoms with Crippen molar-refractivity contribution in [2.75, 3.05) is 30.9 Å². The van der Waals surface area contributed by atoms with Crippen LogP contribution in [0.4, 0.5) is 0 Å². The fourth-order valence-corrected chi connectivity index (χ4v) is 2.86. The second-order valence-electron chi connectivity index (χ2n) is 2.27. The van der Waals surface area contributed by atoms with Crippen molar-refractivity contribution >= 4 is 21.8 Å². The van der Waals surface area contributed by atoms with Crippen LogP contribution in [-0.4, -0.2) is 43.6 Å². The Kier molecular flexibility index (Phi) is 2.60.